The van der Waals surface area contributed by atoms with Gasteiger partial charge in [-0.1, -0.05) is 69.3 Å². The largest absolute Gasteiger partial charge is 0.496 e. The maximum Gasteiger partial charge on any atom is 0.270 e. The smallest absolute Gasteiger partial charge is 0.270 e. The maximum absolute atomic E-state index is 13.8. The minimum absolute atomic E-state index is 0.0139. The van der Waals surface area contributed by atoms with Crippen LogP contribution in [0.2, 0.25) is 0 Å². The van der Waals surface area contributed by atoms with Gasteiger partial charge in [-0.15, -0.1) is 0 Å². The van der Waals surface area contributed by atoms with Gasteiger partial charge in [-0.05, 0) is 73.7 Å². The Hall–Kier alpha value is -4.32. The molecule has 3 aromatic carbocycles. The molecule has 52 heavy (non-hydrogen) atoms. The molecule has 1 saturated heterocycles. The highest BCUT2D eigenvalue weighted by atomic mass is 16.6. The van der Waals surface area contributed by atoms with E-state index in [1.165, 1.54) is 18.6 Å². The van der Waals surface area contributed by atoms with Gasteiger partial charge in [0.05, 0.1) is 25.2 Å². The number of likely N-dealkylation sites (N-methyl/N-ethyl adjacent to an activating group) is 1. The highest BCUT2D eigenvalue weighted by Gasteiger charge is 2.56. The molecule has 11 heteroatoms. The number of para-hydroxylation sites is 1. The van der Waals surface area contributed by atoms with E-state index in [1.807, 2.05) is 67.5 Å². The molecule has 11 nitrogen and oxygen atoms in total. The Balaban J connectivity index is 1.23. The molecule has 3 aromatic rings. The molecule has 4 aliphatic rings. The zero-order valence-electron chi connectivity index (χ0n) is 31.3. The second-order valence-corrected chi connectivity index (χ2v) is 15.8. The van der Waals surface area contributed by atoms with Crippen LogP contribution in [0.3, 0.4) is 0 Å². The molecule has 4 fully saturated rings. The highest BCUT2D eigenvalue weighted by molar-refractivity contribution is 5.97. The van der Waals surface area contributed by atoms with E-state index < -0.39 is 16.9 Å². The summed E-state index contributed by atoms with van der Waals surface area (Å²) < 4.78 is 11.8. The van der Waals surface area contributed by atoms with E-state index in [2.05, 4.69) is 36.3 Å². The number of methoxy groups -OCH3 is 1. The van der Waals surface area contributed by atoms with Crippen molar-refractivity contribution in [2.24, 2.45) is 23.2 Å². The molecule has 3 aliphatic carbocycles. The summed E-state index contributed by atoms with van der Waals surface area (Å²) in [6.07, 6.45) is 2.87. The number of ether oxygens (including phenoxy) is 2. The molecule has 1 heterocycles. The highest BCUT2D eigenvalue weighted by Crippen LogP contribution is 2.61. The molecule has 278 valence electrons. The van der Waals surface area contributed by atoms with Crippen molar-refractivity contribution < 1.29 is 24.0 Å². The van der Waals surface area contributed by atoms with Crippen molar-refractivity contribution in [3.05, 3.63) is 93.5 Å². The number of nitro groups is 1. The van der Waals surface area contributed by atoms with Crippen LogP contribution in [0.15, 0.2) is 66.7 Å². The summed E-state index contributed by atoms with van der Waals surface area (Å²) in [5, 5.41) is 18.7. The standard InChI is InChI=1S/C41H53N5O6/c1-26-35-21-31(41(35,2)3)22-36(26)43-40(48)37-25-52-16-15-45(37)23-28-13-10-14-34(38(28)51-6)29-18-30(20-33(19-29)46(49)50)39(47)42-32(24-44(4)5)17-27-11-8-7-9-12-27/h7-14,18-20,26,31-32,35-37H,15-17,21-25H2,1-6H3,(H,42,47)(H,43,48)/t26-,31+,32-,35-,36-,37-/m0/s1. The van der Waals surface area contributed by atoms with Crippen molar-refractivity contribution in [1.82, 2.24) is 20.4 Å². The van der Waals surface area contributed by atoms with E-state index in [4.69, 9.17) is 9.47 Å². The predicted octanol–water partition coefficient (Wildman–Crippen LogP) is 5.56. The normalized spacial score (nSPS) is 24.4. The van der Waals surface area contributed by atoms with Crippen molar-refractivity contribution in [2.45, 2.75) is 64.7 Å². The third kappa shape index (κ3) is 8.01. The van der Waals surface area contributed by atoms with Crippen LogP contribution < -0.4 is 15.4 Å². The first-order valence-electron chi connectivity index (χ1n) is 18.4. The zero-order chi connectivity index (χ0) is 37.2. The Morgan fingerprint density at radius 3 is 2.54 bits per heavy atom. The molecule has 2 amide bonds. The summed E-state index contributed by atoms with van der Waals surface area (Å²) in [6.45, 7) is 9.38. The second kappa shape index (κ2) is 15.7. The fourth-order valence-electron chi connectivity index (χ4n) is 8.86. The van der Waals surface area contributed by atoms with E-state index >= 15 is 0 Å². The maximum atomic E-state index is 13.8. The van der Waals surface area contributed by atoms with E-state index in [9.17, 15) is 19.7 Å². The number of non-ortho nitro benzene ring substituents is 1. The Morgan fingerprint density at radius 1 is 1.10 bits per heavy atom. The van der Waals surface area contributed by atoms with Crippen LogP contribution in [0.1, 0.15) is 55.1 Å². The molecule has 0 spiro atoms. The molecule has 2 N–H and O–H groups in total. The molecule has 3 saturated carbocycles. The lowest BCUT2D eigenvalue weighted by Gasteiger charge is -2.62. The minimum Gasteiger partial charge on any atom is -0.496 e. The van der Waals surface area contributed by atoms with Gasteiger partial charge in [-0.2, -0.15) is 0 Å². The molecular weight excluding hydrogens is 658 g/mol. The van der Waals surface area contributed by atoms with E-state index in [0.29, 0.717) is 79.3 Å². The molecule has 7 rings (SSSR count). The summed E-state index contributed by atoms with van der Waals surface area (Å²) in [5.41, 5.74) is 3.37. The van der Waals surface area contributed by atoms with Gasteiger partial charge in [-0.3, -0.25) is 24.6 Å². The van der Waals surface area contributed by atoms with Gasteiger partial charge in [0, 0.05) is 60.5 Å². The fourth-order valence-corrected chi connectivity index (χ4v) is 8.86. The van der Waals surface area contributed by atoms with Gasteiger partial charge in [-0.25, -0.2) is 0 Å². The topological polar surface area (TPSA) is 126 Å². The predicted molar refractivity (Wildman–Crippen MR) is 201 cm³/mol. The number of nitro benzene ring substituents is 1. The van der Waals surface area contributed by atoms with E-state index in [1.54, 1.807) is 13.2 Å². The minimum atomic E-state index is -0.480. The van der Waals surface area contributed by atoms with Crippen LogP contribution in [-0.4, -0.2) is 92.2 Å². The monoisotopic (exact) mass is 711 g/mol. The van der Waals surface area contributed by atoms with Crippen LogP contribution >= 0.6 is 0 Å². The van der Waals surface area contributed by atoms with Gasteiger partial charge < -0.3 is 25.0 Å². The third-order valence-electron chi connectivity index (χ3n) is 11.8. The third-order valence-corrected chi connectivity index (χ3v) is 11.8. The van der Waals surface area contributed by atoms with E-state index in [-0.39, 0.29) is 29.2 Å². The van der Waals surface area contributed by atoms with Crippen molar-refractivity contribution in [1.29, 1.82) is 0 Å². The molecule has 0 aromatic heterocycles. The average molecular weight is 712 g/mol. The number of carbonyl (C=O) groups excluding carboxylic acids is 2. The van der Waals surface area contributed by atoms with Gasteiger partial charge in [0.1, 0.15) is 11.8 Å². The molecule has 2 bridgehead atoms. The lowest BCUT2D eigenvalue weighted by atomic mass is 9.45. The van der Waals surface area contributed by atoms with Crippen LogP contribution in [0.25, 0.3) is 11.1 Å². The van der Waals surface area contributed by atoms with Gasteiger partial charge >= 0.3 is 0 Å². The van der Waals surface area contributed by atoms with Crippen LogP contribution in [0.5, 0.6) is 5.75 Å². The first-order valence-corrected chi connectivity index (χ1v) is 18.4. The Labute approximate surface area is 307 Å². The van der Waals surface area contributed by atoms with Gasteiger partial charge in [0.25, 0.3) is 11.6 Å². The number of nitrogens with zero attached hydrogens (tertiary/aromatic N) is 3. The van der Waals surface area contributed by atoms with Crippen LogP contribution in [0.4, 0.5) is 5.69 Å². The van der Waals surface area contributed by atoms with E-state index in [0.717, 1.165) is 17.5 Å². The van der Waals surface area contributed by atoms with Crippen molar-refractivity contribution >= 4 is 17.5 Å². The van der Waals surface area contributed by atoms with Crippen molar-refractivity contribution in [2.75, 3.05) is 47.5 Å². The number of morpholine rings is 1. The first-order chi connectivity index (χ1) is 24.8. The number of nitrogens with one attached hydrogen (secondary N) is 2. The Kier molecular flexibility index (Phi) is 11.3. The Bertz CT molecular complexity index is 1760. The summed E-state index contributed by atoms with van der Waals surface area (Å²) in [7, 11) is 5.46. The quantitative estimate of drug-likeness (QED) is 0.175. The van der Waals surface area contributed by atoms with Crippen molar-refractivity contribution in [3.63, 3.8) is 0 Å². The molecular formula is C41H53N5O6. The van der Waals surface area contributed by atoms with Gasteiger partial charge in [0.15, 0.2) is 0 Å². The number of hydrogen-bond acceptors (Lipinski definition) is 8. The number of benzene rings is 3. The molecule has 1 aliphatic heterocycles. The second-order valence-electron chi connectivity index (χ2n) is 15.8. The van der Waals surface area contributed by atoms with Crippen molar-refractivity contribution in [3.8, 4) is 16.9 Å². The summed E-state index contributed by atoms with van der Waals surface area (Å²) in [5.74, 6) is 1.81. The SMILES string of the molecule is COc1c(CN2CCOC[C@H]2C(=O)N[C@H]2C[C@H]3C[C@@H]([C@@H]2C)C3(C)C)cccc1-c1cc(C(=O)N[C@@H](Cc2ccccc2)CN(C)C)cc([N+](=O)[O-])c1. The van der Waals surface area contributed by atoms with Crippen LogP contribution in [-0.2, 0) is 22.5 Å². The summed E-state index contributed by atoms with van der Waals surface area (Å²) >= 11 is 0. The van der Waals surface area contributed by atoms with Gasteiger partial charge in [0.2, 0.25) is 5.91 Å². The van der Waals surface area contributed by atoms with Crippen LogP contribution in [0, 0.1) is 33.3 Å². The molecule has 6 atom stereocenters. The number of rotatable bonds is 13. The zero-order valence-corrected chi connectivity index (χ0v) is 31.3. The fraction of sp³-hybridized carbons (Fsp3) is 0.512. The summed E-state index contributed by atoms with van der Waals surface area (Å²) in [4.78, 5) is 43.4. The first kappa shape index (κ1) is 37.4. The molecule has 0 radical (unpaired) electrons. The Morgan fingerprint density at radius 2 is 1.87 bits per heavy atom. The number of amides is 2. The number of carbonyl (C=O) groups is 2. The summed E-state index contributed by atoms with van der Waals surface area (Å²) in [6, 6.07) is 19.5. The average Bonchev–Trinajstić information content (AvgIpc) is 3.12. The number of hydrogen-bond donors (Lipinski definition) is 2. The number of fused-ring (bicyclic) bond motifs is 2. The lowest BCUT2D eigenvalue weighted by Crippen LogP contribution is -2.63. The lowest BCUT2D eigenvalue weighted by molar-refractivity contribution is -0.384. The molecule has 0 unspecified atom stereocenters.